The lowest BCUT2D eigenvalue weighted by Gasteiger charge is -2.19. The molecule has 2 saturated heterocycles. The van der Waals surface area contributed by atoms with Crippen LogP contribution in [0.1, 0.15) is 29.5 Å². The smallest absolute Gasteiger partial charge is 0.294 e. The molecule has 2 fully saturated rings. The number of hydrogen-bond donors (Lipinski definition) is 1. The lowest BCUT2D eigenvalue weighted by Crippen LogP contribution is -2.36. The molecule has 2 heterocycles. The van der Waals surface area contributed by atoms with E-state index in [0.29, 0.717) is 16.9 Å². The van der Waals surface area contributed by atoms with Crippen molar-refractivity contribution in [2.75, 3.05) is 29.9 Å². The zero-order valence-corrected chi connectivity index (χ0v) is 18.8. The van der Waals surface area contributed by atoms with E-state index in [2.05, 4.69) is 5.32 Å². The van der Waals surface area contributed by atoms with E-state index >= 15 is 0 Å². The summed E-state index contributed by atoms with van der Waals surface area (Å²) in [7, 11) is 0. The highest BCUT2D eigenvalue weighted by molar-refractivity contribution is 8.18. The second-order valence-electron chi connectivity index (χ2n) is 8.04. The Kier molecular flexibility index (Phi) is 6.32. The Morgan fingerprint density at radius 3 is 2.62 bits per heavy atom. The van der Waals surface area contributed by atoms with Crippen LogP contribution in [0.5, 0.6) is 0 Å². The van der Waals surface area contributed by atoms with Crippen LogP contribution in [0.4, 0.5) is 20.6 Å². The van der Waals surface area contributed by atoms with Crippen molar-refractivity contribution in [2.24, 2.45) is 0 Å². The standard InChI is InChI=1S/C24H24FN3O3S/c1-15-6-5-7-18(10-15)26-22(29)14-28-23(30)21(32-24(28)31)13-17-12-19(25)20(11-16(17)2)27-8-3-4-9-27/h5-7,10-13H,3-4,8-9,14H2,1-2H3,(H,26,29)/b21-13-. The second-order valence-corrected chi connectivity index (χ2v) is 9.03. The summed E-state index contributed by atoms with van der Waals surface area (Å²) < 4.78 is 14.7. The molecule has 32 heavy (non-hydrogen) atoms. The van der Waals surface area contributed by atoms with Gasteiger partial charge in [0.25, 0.3) is 11.1 Å². The summed E-state index contributed by atoms with van der Waals surface area (Å²) in [6.45, 7) is 5.04. The number of anilines is 2. The van der Waals surface area contributed by atoms with Gasteiger partial charge in [0, 0.05) is 18.8 Å². The van der Waals surface area contributed by atoms with Gasteiger partial charge in [0.1, 0.15) is 12.4 Å². The molecule has 1 N–H and O–H groups in total. The van der Waals surface area contributed by atoms with Crippen LogP contribution in [0.15, 0.2) is 41.3 Å². The van der Waals surface area contributed by atoms with E-state index in [9.17, 15) is 18.8 Å². The van der Waals surface area contributed by atoms with Crippen molar-refractivity contribution in [3.8, 4) is 0 Å². The summed E-state index contributed by atoms with van der Waals surface area (Å²) in [5.41, 5.74) is 3.51. The van der Waals surface area contributed by atoms with Crippen LogP contribution in [0.25, 0.3) is 6.08 Å². The lowest BCUT2D eigenvalue weighted by molar-refractivity contribution is -0.127. The number of imide groups is 1. The molecular weight excluding hydrogens is 429 g/mol. The normalized spacial score (nSPS) is 17.5. The fourth-order valence-electron chi connectivity index (χ4n) is 3.88. The Bertz CT molecular complexity index is 1130. The Labute approximate surface area is 190 Å². The van der Waals surface area contributed by atoms with Gasteiger partial charge in [-0.15, -0.1) is 0 Å². The Hall–Kier alpha value is -3.13. The summed E-state index contributed by atoms with van der Waals surface area (Å²) in [5, 5.41) is 2.18. The monoisotopic (exact) mass is 453 g/mol. The third kappa shape index (κ3) is 4.70. The molecule has 2 aromatic carbocycles. The zero-order valence-electron chi connectivity index (χ0n) is 18.0. The van der Waals surface area contributed by atoms with Crippen molar-refractivity contribution in [1.82, 2.24) is 4.90 Å². The van der Waals surface area contributed by atoms with Crippen LogP contribution in [0, 0.1) is 19.7 Å². The molecule has 8 heteroatoms. The van der Waals surface area contributed by atoms with Gasteiger partial charge in [-0.25, -0.2) is 4.39 Å². The summed E-state index contributed by atoms with van der Waals surface area (Å²) in [4.78, 5) is 40.6. The number of rotatable bonds is 5. The molecule has 3 amide bonds. The number of carbonyl (C=O) groups is 3. The quantitative estimate of drug-likeness (QED) is 0.664. The van der Waals surface area contributed by atoms with Gasteiger partial charge in [-0.3, -0.25) is 19.3 Å². The van der Waals surface area contributed by atoms with Crippen molar-refractivity contribution >= 4 is 46.3 Å². The third-order valence-electron chi connectivity index (χ3n) is 5.55. The predicted molar refractivity (Wildman–Crippen MR) is 125 cm³/mol. The Morgan fingerprint density at radius 1 is 1.16 bits per heavy atom. The fraction of sp³-hybridized carbons (Fsp3) is 0.292. The first-order valence-corrected chi connectivity index (χ1v) is 11.3. The molecule has 6 nitrogen and oxygen atoms in total. The molecule has 2 aliphatic heterocycles. The Morgan fingerprint density at radius 2 is 1.91 bits per heavy atom. The molecule has 4 rings (SSSR count). The van der Waals surface area contributed by atoms with Gasteiger partial charge in [0.2, 0.25) is 5.91 Å². The second kappa shape index (κ2) is 9.16. The van der Waals surface area contributed by atoms with E-state index in [4.69, 9.17) is 0 Å². The van der Waals surface area contributed by atoms with Crippen LogP contribution in [0.2, 0.25) is 0 Å². The summed E-state index contributed by atoms with van der Waals surface area (Å²) in [6, 6.07) is 10.4. The van der Waals surface area contributed by atoms with Crippen molar-refractivity contribution in [1.29, 1.82) is 0 Å². The van der Waals surface area contributed by atoms with Crippen molar-refractivity contribution in [2.45, 2.75) is 26.7 Å². The molecule has 0 radical (unpaired) electrons. The van der Waals surface area contributed by atoms with E-state index in [1.807, 2.05) is 30.9 Å². The number of halogens is 1. The van der Waals surface area contributed by atoms with E-state index in [1.54, 1.807) is 18.2 Å². The molecule has 0 aromatic heterocycles. The number of amides is 3. The fourth-order valence-corrected chi connectivity index (χ4v) is 4.71. The SMILES string of the molecule is Cc1cccc(NC(=O)CN2C(=O)S/C(=C\c3cc(F)c(N4CCCC4)cc3C)C2=O)c1. The molecule has 0 spiro atoms. The molecule has 0 bridgehead atoms. The molecule has 2 aliphatic rings. The largest absolute Gasteiger partial charge is 0.369 e. The van der Waals surface area contributed by atoms with Gasteiger partial charge in [0.15, 0.2) is 0 Å². The molecule has 2 aromatic rings. The van der Waals surface area contributed by atoms with Crippen molar-refractivity contribution in [3.05, 3.63) is 63.8 Å². The van der Waals surface area contributed by atoms with Gasteiger partial charge in [-0.2, -0.15) is 0 Å². The van der Waals surface area contributed by atoms with Crippen LogP contribution in [-0.4, -0.2) is 41.6 Å². The first-order chi connectivity index (χ1) is 15.3. The summed E-state index contributed by atoms with van der Waals surface area (Å²) in [5.74, 6) is -1.36. The number of benzene rings is 2. The average molecular weight is 454 g/mol. The molecule has 166 valence electrons. The molecule has 0 atom stereocenters. The maximum Gasteiger partial charge on any atom is 0.294 e. The van der Waals surface area contributed by atoms with Gasteiger partial charge >= 0.3 is 0 Å². The maximum absolute atomic E-state index is 14.7. The minimum absolute atomic E-state index is 0.176. The van der Waals surface area contributed by atoms with Gasteiger partial charge < -0.3 is 10.2 Å². The summed E-state index contributed by atoms with van der Waals surface area (Å²) >= 11 is 0.757. The Balaban J connectivity index is 1.48. The first-order valence-electron chi connectivity index (χ1n) is 10.5. The van der Waals surface area contributed by atoms with E-state index in [0.717, 1.165) is 53.7 Å². The number of hydrogen-bond acceptors (Lipinski definition) is 5. The predicted octanol–water partition coefficient (Wildman–Crippen LogP) is 4.72. The number of carbonyl (C=O) groups excluding carboxylic acids is 3. The van der Waals surface area contributed by atoms with E-state index in [1.165, 1.54) is 12.1 Å². The zero-order chi connectivity index (χ0) is 22.8. The number of thioether (sulfide) groups is 1. The van der Waals surface area contributed by atoms with Gasteiger partial charge in [-0.1, -0.05) is 12.1 Å². The molecule has 0 saturated carbocycles. The van der Waals surface area contributed by atoms with Crippen LogP contribution < -0.4 is 10.2 Å². The highest BCUT2D eigenvalue weighted by atomic mass is 32.2. The first kappa shape index (κ1) is 22.1. The van der Waals surface area contributed by atoms with E-state index in [-0.39, 0.29) is 17.3 Å². The van der Waals surface area contributed by atoms with Gasteiger partial charge in [-0.05, 0) is 85.5 Å². The molecular formula is C24H24FN3O3S. The van der Waals surface area contributed by atoms with Crippen molar-refractivity contribution in [3.63, 3.8) is 0 Å². The highest BCUT2D eigenvalue weighted by Crippen LogP contribution is 2.34. The number of nitrogens with one attached hydrogen (secondary N) is 1. The van der Waals surface area contributed by atoms with Crippen molar-refractivity contribution < 1.29 is 18.8 Å². The molecule has 0 unspecified atom stereocenters. The average Bonchev–Trinajstić information content (AvgIpc) is 3.35. The lowest BCUT2D eigenvalue weighted by atomic mass is 10.1. The minimum atomic E-state index is -0.553. The topological polar surface area (TPSA) is 69.7 Å². The molecule has 0 aliphatic carbocycles. The third-order valence-corrected chi connectivity index (χ3v) is 6.45. The van der Waals surface area contributed by atoms with E-state index < -0.39 is 17.1 Å². The van der Waals surface area contributed by atoms with Crippen LogP contribution in [0.3, 0.4) is 0 Å². The van der Waals surface area contributed by atoms with Gasteiger partial charge in [0.05, 0.1) is 10.6 Å². The number of aryl methyl sites for hydroxylation is 2. The maximum atomic E-state index is 14.7. The summed E-state index contributed by atoms with van der Waals surface area (Å²) in [6.07, 6.45) is 3.62. The van der Waals surface area contributed by atoms with Crippen LogP contribution in [-0.2, 0) is 9.59 Å². The van der Waals surface area contributed by atoms with Crippen LogP contribution >= 0.6 is 11.8 Å². The highest BCUT2D eigenvalue weighted by Gasteiger charge is 2.36. The minimum Gasteiger partial charge on any atom is -0.369 e. The number of nitrogens with zero attached hydrogens (tertiary/aromatic N) is 2.